The molecule has 15 heavy (non-hydrogen) atoms. The van der Waals surface area contributed by atoms with E-state index in [2.05, 4.69) is 14.9 Å². The molecule has 0 radical (unpaired) electrons. The first kappa shape index (κ1) is 10.0. The molecule has 82 valence electrons. The lowest BCUT2D eigenvalue weighted by Gasteiger charge is -2.27. The number of hydrogen-bond donors (Lipinski definition) is 1. The highest BCUT2D eigenvalue weighted by molar-refractivity contribution is 5.45. The number of rotatable bonds is 2. The molecule has 0 saturated carbocycles. The molecule has 0 atom stereocenters. The first-order valence-corrected chi connectivity index (χ1v) is 5.23. The molecule has 2 rings (SSSR count). The molecule has 5 nitrogen and oxygen atoms in total. The van der Waals surface area contributed by atoms with Gasteiger partial charge in [0.1, 0.15) is 5.82 Å². The number of aromatic nitrogens is 2. The van der Waals surface area contributed by atoms with Crippen molar-refractivity contribution in [3.63, 3.8) is 0 Å². The number of piperidine rings is 1. The van der Waals surface area contributed by atoms with Crippen LogP contribution in [0.25, 0.3) is 0 Å². The molecule has 0 bridgehead atoms. The van der Waals surface area contributed by atoms with Crippen LogP contribution in [-0.2, 0) is 0 Å². The summed E-state index contributed by atoms with van der Waals surface area (Å²) in [5.74, 6) is 1.68. The Morgan fingerprint density at radius 1 is 1.27 bits per heavy atom. The van der Waals surface area contributed by atoms with E-state index in [1.807, 2.05) is 6.07 Å². The smallest absolute Gasteiger partial charge is 0.225 e. The lowest BCUT2D eigenvalue weighted by molar-refractivity contribution is 0.397. The second-order valence-corrected chi connectivity index (χ2v) is 3.67. The van der Waals surface area contributed by atoms with Gasteiger partial charge in [0.05, 0.1) is 7.11 Å². The van der Waals surface area contributed by atoms with Gasteiger partial charge in [-0.25, -0.2) is 0 Å². The van der Waals surface area contributed by atoms with Gasteiger partial charge in [0.25, 0.3) is 0 Å². The third-order valence-electron chi connectivity index (χ3n) is 2.60. The van der Waals surface area contributed by atoms with Crippen LogP contribution in [0.4, 0.5) is 11.8 Å². The van der Waals surface area contributed by atoms with Crippen molar-refractivity contribution in [2.24, 2.45) is 0 Å². The monoisotopic (exact) mass is 208 g/mol. The van der Waals surface area contributed by atoms with Crippen LogP contribution in [0.1, 0.15) is 19.3 Å². The standard InChI is InChI=1S/C10H16N4O/c1-15-9-7-8(12-10(11)13-9)14-5-3-2-4-6-14/h7H,2-6H2,1H3,(H2,11,12,13). The Morgan fingerprint density at radius 3 is 2.67 bits per heavy atom. The largest absolute Gasteiger partial charge is 0.481 e. The van der Waals surface area contributed by atoms with E-state index in [0.717, 1.165) is 18.9 Å². The first-order chi connectivity index (χ1) is 7.29. The number of ether oxygens (including phenoxy) is 1. The van der Waals surface area contributed by atoms with E-state index in [1.54, 1.807) is 7.11 Å². The van der Waals surface area contributed by atoms with Crippen LogP contribution in [0.5, 0.6) is 5.88 Å². The van der Waals surface area contributed by atoms with Gasteiger partial charge in [-0.05, 0) is 19.3 Å². The van der Waals surface area contributed by atoms with Crippen LogP contribution >= 0.6 is 0 Å². The number of methoxy groups -OCH3 is 1. The van der Waals surface area contributed by atoms with Gasteiger partial charge in [-0.15, -0.1) is 0 Å². The second-order valence-electron chi connectivity index (χ2n) is 3.67. The second kappa shape index (κ2) is 4.33. The maximum atomic E-state index is 5.61. The van der Waals surface area contributed by atoms with Gasteiger partial charge < -0.3 is 15.4 Å². The van der Waals surface area contributed by atoms with Crippen molar-refractivity contribution in [2.75, 3.05) is 30.8 Å². The maximum Gasteiger partial charge on any atom is 0.225 e. The molecule has 0 spiro atoms. The molecule has 2 N–H and O–H groups in total. The summed E-state index contributed by atoms with van der Waals surface area (Å²) < 4.78 is 5.07. The first-order valence-electron chi connectivity index (χ1n) is 5.23. The summed E-state index contributed by atoms with van der Waals surface area (Å²) in [6, 6.07) is 1.84. The summed E-state index contributed by atoms with van der Waals surface area (Å²) >= 11 is 0. The molecule has 1 aliphatic heterocycles. The zero-order valence-corrected chi connectivity index (χ0v) is 8.94. The average molecular weight is 208 g/mol. The highest BCUT2D eigenvalue weighted by atomic mass is 16.5. The van der Waals surface area contributed by atoms with Crippen LogP contribution in [-0.4, -0.2) is 30.2 Å². The lowest BCUT2D eigenvalue weighted by Crippen LogP contribution is -2.30. The van der Waals surface area contributed by atoms with Crippen molar-refractivity contribution < 1.29 is 4.74 Å². The zero-order valence-electron chi connectivity index (χ0n) is 8.94. The number of nitrogens with zero attached hydrogens (tertiary/aromatic N) is 3. The molecule has 1 saturated heterocycles. The van der Waals surface area contributed by atoms with Crippen molar-refractivity contribution in [1.29, 1.82) is 0 Å². The minimum atomic E-state index is 0.273. The summed E-state index contributed by atoms with van der Waals surface area (Å²) in [7, 11) is 1.59. The van der Waals surface area contributed by atoms with Crippen molar-refractivity contribution >= 4 is 11.8 Å². The fourth-order valence-electron chi connectivity index (χ4n) is 1.82. The van der Waals surface area contributed by atoms with E-state index >= 15 is 0 Å². The molecule has 1 aromatic rings. The van der Waals surface area contributed by atoms with Gasteiger partial charge in [0, 0.05) is 19.2 Å². The zero-order chi connectivity index (χ0) is 10.7. The van der Waals surface area contributed by atoms with Crippen LogP contribution in [0.2, 0.25) is 0 Å². The van der Waals surface area contributed by atoms with E-state index in [9.17, 15) is 0 Å². The van der Waals surface area contributed by atoms with E-state index in [-0.39, 0.29) is 5.95 Å². The fourth-order valence-corrected chi connectivity index (χ4v) is 1.82. The molecule has 2 heterocycles. The number of hydrogen-bond acceptors (Lipinski definition) is 5. The molecular weight excluding hydrogens is 192 g/mol. The van der Waals surface area contributed by atoms with Gasteiger partial charge >= 0.3 is 0 Å². The summed E-state index contributed by atoms with van der Waals surface area (Å²) in [4.78, 5) is 10.4. The topological polar surface area (TPSA) is 64.3 Å². The minimum Gasteiger partial charge on any atom is -0.481 e. The molecule has 1 aromatic heterocycles. The Labute approximate surface area is 89.3 Å². The summed E-state index contributed by atoms with van der Waals surface area (Å²) in [5.41, 5.74) is 5.61. The third-order valence-corrected chi connectivity index (χ3v) is 2.60. The van der Waals surface area contributed by atoms with Gasteiger partial charge in [-0.2, -0.15) is 9.97 Å². The molecule has 5 heteroatoms. The van der Waals surface area contributed by atoms with Gasteiger partial charge in [-0.1, -0.05) is 0 Å². The maximum absolute atomic E-state index is 5.61. The highest BCUT2D eigenvalue weighted by Crippen LogP contribution is 2.21. The molecule has 0 aromatic carbocycles. The molecule has 1 fully saturated rings. The van der Waals surface area contributed by atoms with Crippen molar-refractivity contribution in [1.82, 2.24) is 9.97 Å². The Balaban J connectivity index is 2.22. The van der Waals surface area contributed by atoms with Crippen LogP contribution in [0, 0.1) is 0 Å². The summed E-state index contributed by atoms with van der Waals surface area (Å²) in [6.45, 7) is 2.08. The van der Waals surface area contributed by atoms with Crippen LogP contribution in [0.15, 0.2) is 6.07 Å². The summed E-state index contributed by atoms with van der Waals surface area (Å²) in [5, 5.41) is 0. The molecule has 0 amide bonds. The molecule has 0 unspecified atom stereocenters. The van der Waals surface area contributed by atoms with Crippen LogP contribution < -0.4 is 15.4 Å². The molecule has 1 aliphatic rings. The van der Waals surface area contributed by atoms with Crippen molar-refractivity contribution in [3.8, 4) is 5.88 Å². The number of nitrogen functional groups attached to an aromatic ring is 1. The Kier molecular flexibility index (Phi) is 2.89. The van der Waals surface area contributed by atoms with Crippen molar-refractivity contribution in [3.05, 3.63) is 6.07 Å². The predicted molar refractivity (Wildman–Crippen MR) is 59.1 cm³/mol. The van der Waals surface area contributed by atoms with E-state index < -0.39 is 0 Å². The predicted octanol–water partition coefficient (Wildman–Crippen LogP) is 1.06. The third kappa shape index (κ3) is 2.29. The minimum absolute atomic E-state index is 0.273. The van der Waals surface area contributed by atoms with E-state index in [1.165, 1.54) is 19.3 Å². The highest BCUT2D eigenvalue weighted by Gasteiger charge is 2.13. The quantitative estimate of drug-likeness (QED) is 0.787. The Morgan fingerprint density at radius 2 is 2.00 bits per heavy atom. The van der Waals surface area contributed by atoms with Gasteiger partial charge in [-0.3, -0.25) is 0 Å². The van der Waals surface area contributed by atoms with Gasteiger partial charge in [0.15, 0.2) is 0 Å². The molecule has 0 aliphatic carbocycles. The van der Waals surface area contributed by atoms with Gasteiger partial charge in [0.2, 0.25) is 11.8 Å². The normalized spacial score (nSPS) is 16.5. The number of anilines is 2. The Bertz CT molecular complexity index is 336. The van der Waals surface area contributed by atoms with Crippen LogP contribution in [0.3, 0.4) is 0 Å². The number of nitrogens with two attached hydrogens (primary N) is 1. The van der Waals surface area contributed by atoms with E-state index in [0.29, 0.717) is 5.88 Å². The Hall–Kier alpha value is -1.52. The summed E-state index contributed by atoms with van der Waals surface area (Å²) in [6.07, 6.45) is 3.73. The van der Waals surface area contributed by atoms with Crippen molar-refractivity contribution in [2.45, 2.75) is 19.3 Å². The fraction of sp³-hybridized carbons (Fsp3) is 0.600. The lowest BCUT2D eigenvalue weighted by atomic mass is 10.1. The average Bonchev–Trinajstić information content (AvgIpc) is 2.29. The SMILES string of the molecule is COc1cc(N2CCCCC2)nc(N)n1. The van der Waals surface area contributed by atoms with E-state index in [4.69, 9.17) is 10.5 Å². The molecular formula is C10H16N4O.